The second-order valence-electron chi connectivity index (χ2n) is 3.57. The molecule has 0 radical (unpaired) electrons. The number of hydrogen-bond donors (Lipinski definition) is 6. The smallest absolute Gasteiger partial charge is 0.302 e. The number of H-pyrrole nitrogens is 1. The molecule has 0 bridgehead atoms. The van der Waals surface area contributed by atoms with Crippen molar-refractivity contribution < 1.29 is 46.8 Å². The van der Waals surface area contributed by atoms with Crippen LogP contribution in [0.25, 0.3) is 10.9 Å². The number of aromatic amines is 1. The molecule has 2 aromatic rings. The third-order valence-electron chi connectivity index (χ3n) is 1.77. The van der Waals surface area contributed by atoms with E-state index in [-0.39, 0.29) is 0 Å². The summed E-state index contributed by atoms with van der Waals surface area (Å²) < 4.78 is 36.4. The lowest BCUT2D eigenvalue weighted by Gasteiger charge is -2.11. The standard InChI is InChI=1S/C7H6N2.H5O10P3/c1-2-4-7-6(3-1)5-8-9-7;1-11(2,3)9-13(7,8)10-12(4,5)6/h1-5H,(H,8,9);(H,7,8)(H2,1,2,3)(H2,4,5,6). The number of nitrogens with one attached hydrogen (secondary N) is 1. The highest BCUT2D eigenvalue weighted by Gasteiger charge is 2.38. The fourth-order valence-corrected chi connectivity index (χ4v) is 3.70. The number of aromatic nitrogens is 2. The van der Waals surface area contributed by atoms with Gasteiger partial charge >= 0.3 is 23.5 Å². The molecule has 6 N–H and O–H groups in total. The Morgan fingerprint density at radius 3 is 1.86 bits per heavy atom. The summed E-state index contributed by atoms with van der Waals surface area (Å²) in [5.41, 5.74) is 1.09. The summed E-state index contributed by atoms with van der Waals surface area (Å²) in [4.78, 5) is 40.2. The first-order valence-electron chi connectivity index (χ1n) is 5.13. The van der Waals surface area contributed by atoms with E-state index in [4.69, 9.17) is 24.5 Å². The molecule has 1 aromatic carbocycles. The fraction of sp³-hybridized carbons (Fsp3) is 0. The monoisotopic (exact) mass is 376 g/mol. The third kappa shape index (κ3) is 7.92. The summed E-state index contributed by atoms with van der Waals surface area (Å²) in [5, 5.41) is 7.91. The summed E-state index contributed by atoms with van der Waals surface area (Å²) in [7, 11) is -16.2. The topological polar surface area (TPSA) is 200 Å². The van der Waals surface area contributed by atoms with Gasteiger partial charge in [0.25, 0.3) is 0 Å². The number of fused-ring (bicyclic) bond motifs is 1. The van der Waals surface area contributed by atoms with E-state index < -0.39 is 23.5 Å². The Morgan fingerprint density at radius 1 is 0.909 bits per heavy atom. The molecule has 2 rings (SSSR count). The fourth-order valence-electron chi connectivity index (χ4n) is 1.17. The zero-order valence-electron chi connectivity index (χ0n) is 10.5. The van der Waals surface area contributed by atoms with E-state index in [0.717, 1.165) is 10.9 Å². The molecule has 1 aromatic heterocycles. The maximum atomic E-state index is 10.4. The van der Waals surface area contributed by atoms with Gasteiger partial charge in [-0.25, -0.2) is 13.7 Å². The van der Waals surface area contributed by atoms with Crippen LogP contribution >= 0.6 is 23.5 Å². The van der Waals surface area contributed by atoms with Crippen molar-refractivity contribution in [1.82, 2.24) is 10.2 Å². The maximum absolute atomic E-state index is 10.4. The van der Waals surface area contributed by atoms with E-state index in [9.17, 15) is 13.7 Å². The van der Waals surface area contributed by atoms with Gasteiger partial charge in [-0.3, -0.25) is 5.10 Å². The van der Waals surface area contributed by atoms with Crippen molar-refractivity contribution in [3.8, 4) is 0 Å². The van der Waals surface area contributed by atoms with Gasteiger partial charge in [-0.1, -0.05) is 18.2 Å². The quantitative estimate of drug-likeness (QED) is 0.414. The summed E-state index contributed by atoms with van der Waals surface area (Å²) in [5.74, 6) is 0. The lowest BCUT2D eigenvalue weighted by molar-refractivity contribution is 0.204. The highest BCUT2D eigenvalue weighted by Crippen LogP contribution is 2.64. The molecule has 124 valence electrons. The third-order valence-corrected chi connectivity index (χ3v) is 5.12. The molecule has 12 nitrogen and oxygen atoms in total. The predicted octanol–water partition coefficient (Wildman–Crippen LogP) is 0.868. The van der Waals surface area contributed by atoms with Gasteiger partial charge in [0.15, 0.2) is 0 Å². The number of nitrogens with zero attached hydrogens (tertiary/aromatic N) is 1. The number of benzene rings is 1. The number of phosphoric acid groups is 3. The zero-order chi connectivity index (χ0) is 17.0. The van der Waals surface area contributed by atoms with Gasteiger partial charge in [0.2, 0.25) is 0 Å². The van der Waals surface area contributed by atoms with Crippen LogP contribution in [0.1, 0.15) is 0 Å². The average Bonchev–Trinajstić information content (AvgIpc) is 2.70. The molecule has 0 unspecified atom stereocenters. The van der Waals surface area contributed by atoms with Crippen LogP contribution in [0.2, 0.25) is 0 Å². The van der Waals surface area contributed by atoms with Crippen LogP contribution in [-0.2, 0) is 22.3 Å². The van der Waals surface area contributed by atoms with Crippen molar-refractivity contribution in [2.45, 2.75) is 0 Å². The van der Waals surface area contributed by atoms with Crippen molar-refractivity contribution in [3.05, 3.63) is 30.5 Å². The van der Waals surface area contributed by atoms with Crippen LogP contribution in [0.4, 0.5) is 0 Å². The summed E-state index contributed by atoms with van der Waals surface area (Å²) in [6.07, 6.45) is 1.81. The summed E-state index contributed by atoms with van der Waals surface area (Å²) >= 11 is 0. The zero-order valence-corrected chi connectivity index (χ0v) is 13.1. The van der Waals surface area contributed by atoms with Crippen molar-refractivity contribution in [2.75, 3.05) is 0 Å². The molecule has 0 atom stereocenters. The molecular formula is C7H11N2O10P3. The molecule has 1 heterocycles. The average molecular weight is 376 g/mol. The van der Waals surface area contributed by atoms with Crippen LogP contribution in [0.3, 0.4) is 0 Å². The first-order chi connectivity index (χ1) is 9.88. The van der Waals surface area contributed by atoms with Gasteiger partial charge < -0.3 is 24.5 Å². The molecule has 0 saturated carbocycles. The molecule has 0 spiro atoms. The van der Waals surface area contributed by atoms with E-state index >= 15 is 0 Å². The lowest BCUT2D eigenvalue weighted by Crippen LogP contribution is -1.91. The van der Waals surface area contributed by atoms with Gasteiger partial charge in [0, 0.05) is 5.39 Å². The Balaban J connectivity index is 0.000000231. The van der Waals surface area contributed by atoms with Crippen molar-refractivity contribution >= 4 is 34.4 Å². The Labute approximate surface area is 122 Å². The number of para-hydroxylation sites is 1. The van der Waals surface area contributed by atoms with E-state index in [1.807, 2.05) is 30.5 Å². The van der Waals surface area contributed by atoms with Crippen molar-refractivity contribution in [3.63, 3.8) is 0 Å². The van der Waals surface area contributed by atoms with Crippen LogP contribution in [0, 0.1) is 0 Å². The first kappa shape index (κ1) is 19.1. The van der Waals surface area contributed by atoms with Crippen molar-refractivity contribution in [1.29, 1.82) is 0 Å². The maximum Gasteiger partial charge on any atom is 0.490 e. The van der Waals surface area contributed by atoms with E-state index in [2.05, 4.69) is 18.8 Å². The number of rotatable bonds is 4. The molecule has 0 aliphatic carbocycles. The Hall–Kier alpha value is -0.900. The second kappa shape index (κ2) is 7.12. The molecule has 0 fully saturated rings. The Morgan fingerprint density at radius 2 is 1.41 bits per heavy atom. The highest BCUT2D eigenvalue weighted by molar-refractivity contribution is 7.66. The van der Waals surface area contributed by atoms with Gasteiger partial charge in [-0.15, -0.1) is 0 Å². The molecule has 22 heavy (non-hydrogen) atoms. The summed E-state index contributed by atoms with van der Waals surface area (Å²) in [6, 6.07) is 8.01. The predicted molar refractivity (Wildman–Crippen MR) is 72.2 cm³/mol. The van der Waals surface area contributed by atoms with E-state index in [1.54, 1.807) is 0 Å². The van der Waals surface area contributed by atoms with Gasteiger partial charge in [-0.2, -0.15) is 13.7 Å². The SMILES string of the molecule is O=P(O)(O)OP(=O)(O)OP(=O)(O)O.c1ccc2[nH]ncc2c1. The molecule has 15 heteroatoms. The van der Waals surface area contributed by atoms with Crippen molar-refractivity contribution in [2.24, 2.45) is 0 Å². The van der Waals surface area contributed by atoms with Gasteiger partial charge in [0.05, 0.1) is 11.7 Å². The molecule has 0 amide bonds. The van der Waals surface area contributed by atoms with Crippen LogP contribution in [-0.4, -0.2) is 34.7 Å². The Bertz CT molecular complexity index is 704. The second-order valence-corrected chi connectivity index (χ2v) is 7.78. The largest absolute Gasteiger partial charge is 0.490 e. The molecule has 0 aliphatic heterocycles. The van der Waals surface area contributed by atoms with Gasteiger partial charge in [0.1, 0.15) is 0 Å². The first-order valence-corrected chi connectivity index (χ1v) is 9.68. The molecule has 0 aliphatic rings. The minimum absolute atomic E-state index is 1.09. The Kier molecular flexibility index (Phi) is 6.19. The minimum atomic E-state index is -5.46. The summed E-state index contributed by atoms with van der Waals surface area (Å²) in [6.45, 7) is 0. The van der Waals surface area contributed by atoms with Crippen LogP contribution in [0.5, 0.6) is 0 Å². The molecular weight excluding hydrogens is 365 g/mol. The highest BCUT2D eigenvalue weighted by atomic mass is 31.3. The minimum Gasteiger partial charge on any atom is -0.302 e. The van der Waals surface area contributed by atoms with E-state index in [0.29, 0.717) is 0 Å². The normalized spacial score (nSPS) is 12.8. The van der Waals surface area contributed by atoms with Crippen LogP contribution < -0.4 is 0 Å². The van der Waals surface area contributed by atoms with Crippen LogP contribution in [0.15, 0.2) is 30.5 Å². The number of hydrogen-bond acceptors (Lipinski definition) is 6. The molecule has 0 saturated heterocycles. The van der Waals surface area contributed by atoms with E-state index in [1.165, 1.54) is 0 Å². The van der Waals surface area contributed by atoms with Gasteiger partial charge in [-0.05, 0) is 6.07 Å². The lowest BCUT2D eigenvalue weighted by atomic mass is 10.3.